The monoisotopic (exact) mass is 297 g/mol. The largest absolute Gasteiger partial charge is 0.339 e. The van der Waals surface area contributed by atoms with Gasteiger partial charge in [-0.1, -0.05) is 43.5 Å². The van der Waals surface area contributed by atoms with Crippen LogP contribution in [-0.2, 0) is 4.79 Å². The van der Waals surface area contributed by atoms with E-state index in [-0.39, 0.29) is 11.9 Å². The Morgan fingerprint density at radius 2 is 2.23 bits per heavy atom. The molecule has 0 aromatic rings. The molecule has 22 heavy (non-hydrogen) atoms. The maximum atomic E-state index is 12.3. The second kappa shape index (κ2) is 7.77. The minimum Gasteiger partial charge on any atom is -0.339 e. The normalized spacial score (nSPS) is 28.3. The highest BCUT2D eigenvalue weighted by atomic mass is 16.2. The molecule has 2 aliphatic rings. The molecule has 0 radical (unpaired) electrons. The van der Waals surface area contributed by atoms with Crippen LogP contribution >= 0.6 is 0 Å². The number of nitrogens with zero attached hydrogens (tertiary/aromatic N) is 1. The summed E-state index contributed by atoms with van der Waals surface area (Å²) in [5.41, 5.74) is 0.908. The average molecular weight is 297 g/mol. The summed E-state index contributed by atoms with van der Waals surface area (Å²) in [4.78, 5) is 12.3. The van der Waals surface area contributed by atoms with Gasteiger partial charge < -0.3 is 10.6 Å². The fraction of sp³-hybridized carbons (Fsp3) is 0.444. The van der Waals surface area contributed by atoms with Gasteiger partial charge in [0, 0.05) is 12.5 Å². The van der Waals surface area contributed by atoms with Crippen LogP contribution in [0.4, 0.5) is 0 Å². The van der Waals surface area contributed by atoms with E-state index >= 15 is 0 Å². The zero-order valence-electron chi connectivity index (χ0n) is 12.8. The average Bonchev–Trinajstić information content (AvgIpc) is 3.16. The molecule has 4 atom stereocenters. The molecule has 2 N–H and O–H groups in total. The van der Waals surface area contributed by atoms with Crippen LogP contribution in [0.3, 0.4) is 0 Å². The summed E-state index contributed by atoms with van der Waals surface area (Å²) in [5, 5.41) is 15.5. The molecular weight excluding hydrogens is 274 g/mol. The maximum absolute atomic E-state index is 12.3. The van der Waals surface area contributed by atoms with Gasteiger partial charge in [-0.05, 0) is 30.8 Å². The number of rotatable bonds is 7. The molecule has 1 saturated carbocycles. The summed E-state index contributed by atoms with van der Waals surface area (Å²) in [6, 6.07) is 1.98. The second-order valence-corrected chi connectivity index (χ2v) is 5.88. The lowest BCUT2D eigenvalue weighted by atomic mass is 9.98. The van der Waals surface area contributed by atoms with Crippen molar-refractivity contribution in [1.82, 2.24) is 10.6 Å². The third-order valence-corrected chi connectivity index (χ3v) is 4.37. The number of piperidine rings is 1. The molecule has 0 spiro atoms. The molecule has 0 aromatic carbocycles. The second-order valence-electron chi connectivity index (χ2n) is 5.88. The van der Waals surface area contributed by atoms with Crippen LogP contribution in [0, 0.1) is 17.2 Å². The van der Waals surface area contributed by atoms with Gasteiger partial charge in [-0.2, -0.15) is 5.26 Å². The standard InChI is InChI=1S/C18H23N3O/c1-3-5-6-7-13(4-2)10-16(12-19)21-18(22)17-14-8-9-15(11-14)20-17/h3-7,14-17,20H,1-2,8-11H2,(H,21,22)/b6-5-,13-7+. The fourth-order valence-electron chi connectivity index (χ4n) is 3.25. The van der Waals surface area contributed by atoms with Crippen molar-refractivity contribution in [3.05, 3.63) is 49.1 Å². The van der Waals surface area contributed by atoms with Crippen LogP contribution in [0.25, 0.3) is 0 Å². The maximum Gasteiger partial charge on any atom is 0.238 e. The first-order chi connectivity index (χ1) is 10.7. The molecule has 0 aromatic heterocycles. The summed E-state index contributed by atoms with van der Waals surface area (Å²) >= 11 is 0. The Morgan fingerprint density at radius 1 is 1.41 bits per heavy atom. The van der Waals surface area contributed by atoms with Gasteiger partial charge in [-0.15, -0.1) is 0 Å². The van der Waals surface area contributed by atoms with Crippen molar-refractivity contribution in [2.45, 2.75) is 43.8 Å². The van der Waals surface area contributed by atoms with Crippen molar-refractivity contribution in [3.63, 3.8) is 0 Å². The summed E-state index contributed by atoms with van der Waals surface area (Å²) in [5.74, 6) is 0.373. The molecule has 2 rings (SSSR count). The van der Waals surface area contributed by atoms with Gasteiger partial charge >= 0.3 is 0 Å². The van der Waals surface area contributed by atoms with Gasteiger partial charge in [0.2, 0.25) is 5.91 Å². The van der Waals surface area contributed by atoms with Gasteiger partial charge in [0.1, 0.15) is 6.04 Å². The van der Waals surface area contributed by atoms with Crippen molar-refractivity contribution in [1.29, 1.82) is 5.26 Å². The van der Waals surface area contributed by atoms with Crippen LogP contribution in [0.5, 0.6) is 0 Å². The van der Waals surface area contributed by atoms with Crippen molar-refractivity contribution >= 4 is 5.91 Å². The molecule has 1 heterocycles. The molecule has 4 unspecified atom stereocenters. The first-order valence-electron chi connectivity index (χ1n) is 7.74. The van der Waals surface area contributed by atoms with Crippen molar-refractivity contribution < 1.29 is 4.79 Å². The van der Waals surface area contributed by atoms with Crippen LogP contribution in [0.2, 0.25) is 0 Å². The molecule has 4 heteroatoms. The van der Waals surface area contributed by atoms with E-state index in [0.29, 0.717) is 18.4 Å². The Bertz CT molecular complexity index is 541. The Kier molecular flexibility index (Phi) is 5.74. The van der Waals surface area contributed by atoms with Crippen molar-refractivity contribution in [2.75, 3.05) is 0 Å². The van der Waals surface area contributed by atoms with Gasteiger partial charge in [0.15, 0.2) is 0 Å². The summed E-state index contributed by atoms with van der Waals surface area (Å²) < 4.78 is 0. The number of nitrogens with one attached hydrogen (secondary N) is 2. The predicted molar refractivity (Wildman–Crippen MR) is 87.8 cm³/mol. The number of carbonyl (C=O) groups is 1. The summed E-state index contributed by atoms with van der Waals surface area (Å²) in [6.07, 6.45) is 12.7. The molecule has 116 valence electrons. The van der Waals surface area contributed by atoms with E-state index in [0.717, 1.165) is 24.8 Å². The zero-order chi connectivity index (χ0) is 15.9. The van der Waals surface area contributed by atoms with Crippen LogP contribution < -0.4 is 10.6 Å². The molecule has 1 amide bonds. The predicted octanol–water partition coefficient (Wildman–Crippen LogP) is 2.38. The van der Waals surface area contributed by atoms with E-state index in [1.54, 1.807) is 12.2 Å². The number of carbonyl (C=O) groups excluding carboxylic acids is 1. The summed E-state index contributed by atoms with van der Waals surface area (Å²) in [7, 11) is 0. The van der Waals surface area contributed by atoms with Crippen molar-refractivity contribution in [2.24, 2.45) is 5.92 Å². The van der Waals surface area contributed by atoms with Gasteiger partial charge in [0.25, 0.3) is 0 Å². The number of hydrogen-bond acceptors (Lipinski definition) is 3. The lowest BCUT2D eigenvalue weighted by molar-refractivity contribution is -0.124. The van der Waals surface area contributed by atoms with Gasteiger partial charge in [0.05, 0.1) is 12.1 Å². The lowest BCUT2D eigenvalue weighted by Crippen LogP contribution is -2.50. The van der Waals surface area contributed by atoms with E-state index < -0.39 is 6.04 Å². The zero-order valence-corrected chi connectivity index (χ0v) is 12.8. The molecule has 1 aliphatic carbocycles. The van der Waals surface area contributed by atoms with Crippen LogP contribution in [0.15, 0.2) is 49.1 Å². The highest BCUT2D eigenvalue weighted by Gasteiger charge is 2.42. The number of amides is 1. The van der Waals surface area contributed by atoms with E-state index in [9.17, 15) is 10.1 Å². The topological polar surface area (TPSA) is 64.9 Å². The highest BCUT2D eigenvalue weighted by Crippen LogP contribution is 2.35. The minimum atomic E-state index is -0.533. The quantitative estimate of drug-likeness (QED) is 0.709. The first-order valence-corrected chi connectivity index (χ1v) is 7.74. The molecule has 2 fully saturated rings. The number of allylic oxidation sites excluding steroid dienone is 5. The van der Waals surface area contributed by atoms with E-state index in [2.05, 4.69) is 29.9 Å². The third-order valence-electron chi connectivity index (χ3n) is 4.37. The molecule has 1 aliphatic heterocycles. The molecule has 1 saturated heterocycles. The Balaban J connectivity index is 1.91. The van der Waals surface area contributed by atoms with E-state index in [1.807, 2.05) is 18.2 Å². The Labute approximate surface area is 132 Å². The SMILES string of the molecule is C=C/C=C\C=C(/C=C)CC(C#N)NC(=O)C1NC2CCC1C2. The van der Waals surface area contributed by atoms with Crippen LogP contribution in [0.1, 0.15) is 25.7 Å². The van der Waals surface area contributed by atoms with E-state index in [1.165, 1.54) is 0 Å². The van der Waals surface area contributed by atoms with E-state index in [4.69, 9.17) is 0 Å². The number of nitriles is 1. The van der Waals surface area contributed by atoms with Gasteiger partial charge in [-0.25, -0.2) is 0 Å². The third kappa shape index (κ3) is 3.96. The molecule has 2 bridgehead atoms. The Morgan fingerprint density at radius 3 is 2.77 bits per heavy atom. The fourth-order valence-corrected chi connectivity index (χ4v) is 3.25. The van der Waals surface area contributed by atoms with Gasteiger partial charge in [-0.3, -0.25) is 4.79 Å². The van der Waals surface area contributed by atoms with Crippen LogP contribution in [-0.4, -0.2) is 24.0 Å². The smallest absolute Gasteiger partial charge is 0.238 e. The summed E-state index contributed by atoms with van der Waals surface area (Å²) in [6.45, 7) is 7.36. The Hall–Kier alpha value is -2.12. The highest BCUT2D eigenvalue weighted by molar-refractivity contribution is 5.83. The van der Waals surface area contributed by atoms with Crippen molar-refractivity contribution in [3.8, 4) is 6.07 Å². The first kappa shape index (κ1) is 16.3. The lowest BCUT2D eigenvalue weighted by Gasteiger charge is -2.23. The number of fused-ring (bicyclic) bond motifs is 2. The molecule has 4 nitrogen and oxygen atoms in total. The number of hydrogen-bond donors (Lipinski definition) is 2. The minimum absolute atomic E-state index is 0.0520. The molecular formula is C18H23N3O.